The first-order valence-electron chi connectivity index (χ1n) is 10.3. The molecule has 3 rings (SSSR count). The zero-order valence-electron chi connectivity index (χ0n) is 17.1. The molecule has 2 heterocycles. The van der Waals surface area contributed by atoms with Crippen molar-refractivity contribution in [2.45, 2.75) is 38.8 Å². The molecule has 6 heteroatoms. The Morgan fingerprint density at radius 2 is 1.93 bits per heavy atom. The molecule has 0 aliphatic carbocycles. The molecule has 0 bridgehead atoms. The summed E-state index contributed by atoms with van der Waals surface area (Å²) in [5.41, 5.74) is 1.34. The van der Waals surface area contributed by atoms with Gasteiger partial charge in [0.1, 0.15) is 0 Å². The number of hydrogen-bond donors (Lipinski definition) is 2. The predicted molar refractivity (Wildman–Crippen MR) is 113 cm³/mol. The second-order valence-corrected chi connectivity index (χ2v) is 8.02. The lowest BCUT2D eigenvalue weighted by Crippen LogP contribution is -2.52. The van der Waals surface area contributed by atoms with Crippen molar-refractivity contribution < 1.29 is 4.74 Å². The van der Waals surface area contributed by atoms with Gasteiger partial charge in [0.2, 0.25) is 0 Å². The van der Waals surface area contributed by atoms with Gasteiger partial charge in [-0.3, -0.25) is 9.89 Å². The summed E-state index contributed by atoms with van der Waals surface area (Å²) >= 11 is 0. The fourth-order valence-electron chi connectivity index (χ4n) is 3.81. The molecule has 2 saturated heterocycles. The van der Waals surface area contributed by atoms with Crippen molar-refractivity contribution in [2.24, 2.45) is 4.99 Å². The lowest BCUT2D eigenvalue weighted by molar-refractivity contribution is -0.00684. The number of morpholine rings is 1. The molecule has 150 valence electrons. The topological polar surface area (TPSA) is 52.1 Å². The van der Waals surface area contributed by atoms with Gasteiger partial charge in [-0.25, -0.2) is 0 Å². The predicted octanol–water partition coefficient (Wildman–Crippen LogP) is 1.93. The molecule has 0 spiro atoms. The highest BCUT2D eigenvalue weighted by Crippen LogP contribution is 2.20. The Morgan fingerprint density at radius 1 is 1.19 bits per heavy atom. The quantitative estimate of drug-likeness (QED) is 0.590. The Bertz CT molecular complexity index is 598. The molecule has 0 saturated carbocycles. The van der Waals surface area contributed by atoms with Crippen LogP contribution < -0.4 is 15.5 Å². The smallest absolute Gasteiger partial charge is 0.191 e. The van der Waals surface area contributed by atoms with Gasteiger partial charge in [-0.15, -0.1) is 0 Å². The highest BCUT2D eigenvalue weighted by atomic mass is 16.5. The number of benzene rings is 1. The van der Waals surface area contributed by atoms with E-state index in [1.807, 2.05) is 0 Å². The van der Waals surface area contributed by atoms with E-state index in [1.54, 1.807) is 0 Å². The molecule has 27 heavy (non-hydrogen) atoms. The lowest BCUT2D eigenvalue weighted by atomic mass is 10.0. The summed E-state index contributed by atoms with van der Waals surface area (Å²) in [7, 11) is 0. The third-order valence-electron chi connectivity index (χ3n) is 5.49. The Hall–Kier alpha value is -1.79. The van der Waals surface area contributed by atoms with Crippen LogP contribution in [0.5, 0.6) is 0 Å². The molecule has 0 amide bonds. The minimum atomic E-state index is 0.0396. The monoisotopic (exact) mass is 373 g/mol. The summed E-state index contributed by atoms with van der Waals surface area (Å²) in [6.07, 6.45) is 1.13. The van der Waals surface area contributed by atoms with Gasteiger partial charge in [0.15, 0.2) is 5.96 Å². The highest BCUT2D eigenvalue weighted by molar-refractivity contribution is 5.80. The van der Waals surface area contributed by atoms with E-state index in [9.17, 15) is 0 Å². The number of anilines is 1. The van der Waals surface area contributed by atoms with Crippen LogP contribution in [-0.4, -0.2) is 74.9 Å². The maximum absolute atomic E-state index is 5.49. The fraction of sp³-hybridized carbons (Fsp3) is 0.667. The second kappa shape index (κ2) is 9.42. The van der Waals surface area contributed by atoms with Crippen LogP contribution in [0.2, 0.25) is 0 Å². The third-order valence-corrected chi connectivity index (χ3v) is 5.49. The number of hydrogen-bond acceptors (Lipinski definition) is 4. The van der Waals surface area contributed by atoms with Gasteiger partial charge in [0, 0.05) is 50.0 Å². The summed E-state index contributed by atoms with van der Waals surface area (Å²) < 4.78 is 5.49. The first kappa shape index (κ1) is 20.0. The average Bonchev–Trinajstić information content (AvgIpc) is 3.16. The normalized spacial score (nSPS) is 22.1. The van der Waals surface area contributed by atoms with Crippen molar-refractivity contribution in [3.8, 4) is 0 Å². The van der Waals surface area contributed by atoms with Crippen LogP contribution in [0.15, 0.2) is 35.3 Å². The van der Waals surface area contributed by atoms with Crippen LogP contribution in [0.25, 0.3) is 0 Å². The van der Waals surface area contributed by atoms with Gasteiger partial charge in [-0.2, -0.15) is 0 Å². The summed E-state index contributed by atoms with van der Waals surface area (Å²) in [6, 6.07) is 11.1. The van der Waals surface area contributed by atoms with Gasteiger partial charge < -0.3 is 20.3 Å². The van der Waals surface area contributed by atoms with Gasteiger partial charge in [-0.05, 0) is 39.3 Å². The van der Waals surface area contributed by atoms with Crippen molar-refractivity contribution >= 4 is 11.6 Å². The van der Waals surface area contributed by atoms with Crippen LogP contribution >= 0.6 is 0 Å². The Kier molecular flexibility index (Phi) is 6.96. The highest BCUT2D eigenvalue weighted by Gasteiger charge is 2.28. The largest absolute Gasteiger partial charge is 0.379 e. The zero-order valence-corrected chi connectivity index (χ0v) is 17.1. The minimum absolute atomic E-state index is 0.0396. The van der Waals surface area contributed by atoms with Crippen LogP contribution in [0.3, 0.4) is 0 Å². The Labute approximate surface area is 164 Å². The number of guanidine groups is 1. The molecule has 2 aliphatic heterocycles. The Morgan fingerprint density at radius 3 is 2.63 bits per heavy atom. The van der Waals surface area contributed by atoms with E-state index in [-0.39, 0.29) is 5.54 Å². The van der Waals surface area contributed by atoms with E-state index in [0.717, 1.165) is 64.9 Å². The standard InChI is InChI=1S/C21H35N5O/c1-4-22-20(23-17-21(2,3)26-12-14-27-15-13-26)24-18-10-11-25(16-18)19-8-6-5-7-9-19/h5-9,18H,4,10-17H2,1-3H3,(H2,22,23,24). The maximum Gasteiger partial charge on any atom is 0.191 e. The van der Waals surface area contributed by atoms with E-state index >= 15 is 0 Å². The summed E-state index contributed by atoms with van der Waals surface area (Å²) in [6.45, 7) is 14.0. The molecule has 6 nitrogen and oxygen atoms in total. The van der Waals surface area contributed by atoms with Gasteiger partial charge in [0.05, 0.1) is 19.8 Å². The van der Waals surface area contributed by atoms with Crippen LogP contribution in [0.4, 0.5) is 5.69 Å². The molecule has 1 aromatic carbocycles. The minimum Gasteiger partial charge on any atom is -0.379 e. The second-order valence-electron chi connectivity index (χ2n) is 8.02. The molecule has 0 aromatic heterocycles. The van der Waals surface area contributed by atoms with E-state index in [2.05, 4.69) is 71.5 Å². The Balaban J connectivity index is 1.56. The number of para-hydroxylation sites is 1. The summed E-state index contributed by atoms with van der Waals surface area (Å²) in [5.74, 6) is 0.929. The molecule has 2 aliphatic rings. The van der Waals surface area contributed by atoms with E-state index in [4.69, 9.17) is 9.73 Å². The van der Waals surface area contributed by atoms with Crippen LogP contribution in [-0.2, 0) is 4.74 Å². The van der Waals surface area contributed by atoms with Crippen molar-refractivity contribution in [3.63, 3.8) is 0 Å². The fourth-order valence-corrected chi connectivity index (χ4v) is 3.81. The van der Waals surface area contributed by atoms with Gasteiger partial charge in [0.25, 0.3) is 0 Å². The van der Waals surface area contributed by atoms with Crippen molar-refractivity contribution in [1.82, 2.24) is 15.5 Å². The summed E-state index contributed by atoms with van der Waals surface area (Å²) in [4.78, 5) is 9.84. The first-order valence-corrected chi connectivity index (χ1v) is 10.3. The molecular formula is C21H35N5O. The molecule has 2 N–H and O–H groups in total. The number of ether oxygens (including phenoxy) is 1. The van der Waals surface area contributed by atoms with Gasteiger partial charge >= 0.3 is 0 Å². The number of rotatable bonds is 6. The zero-order chi connectivity index (χ0) is 19.1. The van der Waals surface area contributed by atoms with E-state index in [1.165, 1.54) is 5.69 Å². The molecule has 2 fully saturated rings. The number of aliphatic imine (C=N–C) groups is 1. The molecule has 1 unspecified atom stereocenters. The van der Waals surface area contributed by atoms with Crippen LogP contribution in [0.1, 0.15) is 27.2 Å². The summed E-state index contributed by atoms with van der Waals surface area (Å²) in [5, 5.41) is 7.06. The van der Waals surface area contributed by atoms with Crippen LogP contribution in [0, 0.1) is 0 Å². The third kappa shape index (κ3) is 5.59. The lowest BCUT2D eigenvalue weighted by Gasteiger charge is -2.40. The molecular weight excluding hydrogens is 338 g/mol. The van der Waals surface area contributed by atoms with Crippen molar-refractivity contribution in [2.75, 3.05) is 57.4 Å². The molecule has 1 aromatic rings. The number of nitrogens with zero attached hydrogens (tertiary/aromatic N) is 3. The van der Waals surface area contributed by atoms with Crippen molar-refractivity contribution in [3.05, 3.63) is 30.3 Å². The maximum atomic E-state index is 5.49. The van der Waals surface area contributed by atoms with E-state index < -0.39 is 0 Å². The first-order chi connectivity index (χ1) is 13.1. The molecule has 1 atom stereocenters. The van der Waals surface area contributed by atoms with Crippen molar-refractivity contribution in [1.29, 1.82) is 0 Å². The van der Waals surface area contributed by atoms with E-state index in [0.29, 0.717) is 6.04 Å². The number of nitrogens with one attached hydrogen (secondary N) is 2. The van der Waals surface area contributed by atoms with Gasteiger partial charge in [-0.1, -0.05) is 18.2 Å². The average molecular weight is 374 g/mol. The molecule has 0 radical (unpaired) electrons. The SMILES string of the molecule is CCNC(=NCC(C)(C)N1CCOCC1)NC1CCN(c2ccccc2)C1.